The molecule has 0 unspecified atom stereocenters. The van der Waals surface area contributed by atoms with Gasteiger partial charge in [-0.2, -0.15) is 0 Å². The van der Waals surface area contributed by atoms with Crippen molar-refractivity contribution in [1.29, 1.82) is 0 Å². The zero-order valence-electron chi connectivity index (χ0n) is 13.3. The van der Waals surface area contributed by atoms with Gasteiger partial charge >= 0.3 is 0 Å². The molecular formula is C19H22N2O2. The van der Waals surface area contributed by atoms with Crippen molar-refractivity contribution in [2.24, 2.45) is 5.92 Å². The number of carbonyl (C=O) groups excluding carboxylic acids is 1. The molecule has 4 heteroatoms. The second-order valence-electron chi connectivity index (χ2n) is 6.01. The maximum Gasteiger partial charge on any atom is 0.227 e. The van der Waals surface area contributed by atoms with Crippen LogP contribution in [0.15, 0.2) is 54.6 Å². The van der Waals surface area contributed by atoms with Crippen LogP contribution in [0.25, 0.3) is 0 Å². The summed E-state index contributed by atoms with van der Waals surface area (Å²) in [6, 6.07) is 17.5. The summed E-state index contributed by atoms with van der Waals surface area (Å²) in [5.74, 6) is 1.75. The highest BCUT2D eigenvalue weighted by Gasteiger charge is 2.24. The lowest BCUT2D eigenvalue weighted by molar-refractivity contribution is -0.120. The minimum Gasteiger partial charge on any atom is -0.457 e. The maximum atomic E-state index is 12.3. The Balaban J connectivity index is 1.58. The van der Waals surface area contributed by atoms with Gasteiger partial charge in [-0.05, 0) is 62.7 Å². The third kappa shape index (κ3) is 4.33. The fourth-order valence-corrected chi connectivity index (χ4v) is 2.85. The van der Waals surface area contributed by atoms with Gasteiger partial charge in [-0.3, -0.25) is 4.79 Å². The molecule has 0 saturated carbocycles. The average molecular weight is 310 g/mol. The molecule has 1 amide bonds. The number of benzene rings is 2. The molecule has 1 fully saturated rings. The van der Waals surface area contributed by atoms with Crippen LogP contribution in [-0.4, -0.2) is 18.5 Å². The molecule has 4 nitrogen and oxygen atoms in total. The Morgan fingerprint density at radius 3 is 2.48 bits per heavy atom. The van der Waals surface area contributed by atoms with Gasteiger partial charge in [0.25, 0.3) is 0 Å². The first-order valence-corrected chi connectivity index (χ1v) is 8.08. The van der Waals surface area contributed by atoms with Gasteiger partial charge in [0.2, 0.25) is 5.91 Å². The number of amides is 1. The van der Waals surface area contributed by atoms with Gasteiger partial charge < -0.3 is 15.4 Å². The smallest absolute Gasteiger partial charge is 0.227 e. The summed E-state index contributed by atoms with van der Waals surface area (Å²) < 4.78 is 5.75. The molecule has 2 atom stereocenters. The predicted molar refractivity (Wildman–Crippen MR) is 91.8 cm³/mol. The molecule has 0 bridgehead atoms. The van der Waals surface area contributed by atoms with Crippen LogP contribution >= 0.6 is 0 Å². The number of hydrogen-bond donors (Lipinski definition) is 2. The second kappa shape index (κ2) is 7.29. The largest absolute Gasteiger partial charge is 0.457 e. The topological polar surface area (TPSA) is 50.4 Å². The van der Waals surface area contributed by atoms with Crippen molar-refractivity contribution >= 4 is 11.6 Å². The Morgan fingerprint density at radius 1 is 1.09 bits per heavy atom. The van der Waals surface area contributed by atoms with Crippen molar-refractivity contribution in [3.05, 3.63) is 54.6 Å². The normalized spacial score (nSPS) is 20.7. The number of nitrogens with one attached hydrogen (secondary N) is 2. The quantitative estimate of drug-likeness (QED) is 0.903. The van der Waals surface area contributed by atoms with E-state index in [2.05, 4.69) is 17.6 Å². The predicted octanol–water partition coefficient (Wildman–Crippen LogP) is 3.81. The summed E-state index contributed by atoms with van der Waals surface area (Å²) in [5.41, 5.74) is 0.807. The summed E-state index contributed by atoms with van der Waals surface area (Å²) in [6.07, 6.45) is 1.78. The summed E-state index contributed by atoms with van der Waals surface area (Å²) in [5, 5.41) is 6.37. The van der Waals surface area contributed by atoms with Crippen molar-refractivity contribution in [3.8, 4) is 11.5 Å². The molecule has 0 aromatic heterocycles. The second-order valence-corrected chi connectivity index (χ2v) is 6.01. The Hall–Kier alpha value is -2.33. The molecule has 2 N–H and O–H groups in total. The van der Waals surface area contributed by atoms with E-state index in [1.807, 2.05) is 54.6 Å². The van der Waals surface area contributed by atoms with Crippen LogP contribution < -0.4 is 15.4 Å². The monoisotopic (exact) mass is 310 g/mol. The van der Waals surface area contributed by atoms with E-state index in [1.54, 1.807) is 0 Å². The standard InChI is InChI=1S/C19H22N2O2/c1-14-13-15(11-12-20-14)19(22)21-16-7-9-18(10-8-16)23-17-5-3-2-4-6-17/h2-10,14-15,20H,11-13H2,1H3,(H,21,22)/t14-,15-/m0/s1. The van der Waals surface area contributed by atoms with E-state index in [0.717, 1.165) is 36.6 Å². The molecule has 2 aromatic carbocycles. The van der Waals surface area contributed by atoms with E-state index in [0.29, 0.717) is 6.04 Å². The minimum atomic E-state index is 0.0893. The van der Waals surface area contributed by atoms with Gasteiger partial charge in [-0.25, -0.2) is 0 Å². The molecule has 1 saturated heterocycles. The molecule has 3 rings (SSSR count). The maximum absolute atomic E-state index is 12.3. The summed E-state index contributed by atoms with van der Waals surface area (Å²) in [7, 11) is 0. The zero-order chi connectivity index (χ0) is 16.1. The number of para-hydroxylation sites is 1. The number of anilines is 1. The van der Waals surface area contributed by atoms with Gasteiger partial charge in [0.05, 0.1) is 0 Å². The molecule has 2 aromatic rings. The van der Waals surface area contributed by atoms with Crippen molar-refractivity contribution in [1.82, 2.24) is 5.32 Å². The van der Waals surface area contributed by atoms with Crippen molar-refractivity contribution in [3.63, 3.8) is 0 Å². The SMILES string of the molecule is C[C@H]1C[C@@H](C(=O)Nc2ccc(Oc3ccccc3)cc2)CCN1. The lowest BCUT2D eigenvalue weighted by Crippen LogP contribution is -2.40. The van der Waals surface area contributed by atoms with E-state index in [-0.39, 0.29) is 11.8 Å². The summed E-state index contributed by atoms with van der Waals surface area (Å²) >= 11 is 0. The zero-order valence-corrected chi connectivity index (χ0v) is 13.3. The van der Waals surface area contributed by atoms with Crippen molar-refractivity contribution < 1.29 is 9.53 Å². The summed E-state index contributed by atoms with van der Waals surface area (Å²) in [4.78, 5) is 12.3. The van der Waals surface area contributed by atoms with E-state index in [4.69, 9.17) is 4.74 Å². The third-order valence-electron chi connectivity index (χ3n) is 4.10. The van der Waals surface area contributed by atoms with Crippen LogP contribution in [0.3, 0.4) is 0 Å². The third-order valence-corrected chi connectivity index (χ3v) is 4.10. The number of hydrogen-bond acceptors (Lipinski definition) is 3. The van der Waals surface area contributed by atoms with E-state index in [9.17, 15) is 4.79 Å². The molecule has 1 heterocycles. The first-order valence-electron chi connectivity index (χ1n) is 8.08. The highest BCUT2D eigenvalue weighted by Crippen LogP contribution is 2.24. The molecule has 1 aliphatic heterocycles. The van der Waals surface area contributed by atoms with Crippen LogP contribution in [0.2, 0.25) is 0 Å². The first kappa shape index (κ1) is 15.6. The Labute approximate surface area is 136 Å². The van der Waals surface area contributed by atoms with Crippen molar-refractivity contribution in [2.45, 2.75) is 25.8 Å². The lowest BCUT2D eigenvalue weighted by Gasteiger charge is -2.27. The number of carbonyl (C=O) groups is 1. The average Bonchev–Trinajstić information content (AvgIpc) is 2.57. The Bertz CT molecular complexity index is 640. The molecular weight excluding hydrogens is 288 g/mol. The van der Waals surface area contributed by atoms with Crippen LogP contribution in [0.5, 0.6) is 11.5 Å². The lowest BCUT2D eigenvalue weighted by atomic mass is 9.92. The van der Waals surface area contributed by atoms with E-state index >= 15 is 0 Å². The Kier molecular flexibility index (Phi) is 4.93. The molecule has 0 aliphatic carbocycles. The Morgan fingerprint density at radius 2 is 1.78 bits per heavy atom. The molecule has 1 aliphatic rings. The van der Waals surface area contributed by atoms with Gasteiger partial charge in [-0.1, -0.05) is 18.2 Å². The van der Waals surface area contributed by atoms with Crippen LogP contribution in [0, 0.1) is 5.92 Å². The fourth-order valence-electron chi connectivity index (χ4n) is 2.85. The van der Waals surface area contributed by atoms with Gasteiger partial charge in [-0.15, -0.1) is 0 Å². The van der Waals surface area contributed by atoms with Crippen molar-refractivity contribution in [2.75, 3.05) is 11.9 Å². The van der Waals surface area contributed by atoms with Crippen LogP contribution in [0.1, 0.15) is 19.8 Å². The molecule has 120 valence electrons. The molecule has 0 radical (unpaired) electrons. The minimum absolute atomic E-state index is 0.0893. The van der Waals surface area contributed by atoms with E-state index in [1.165, 1.54) is 0 Å². The number of rotatable bonds is 4. The van der Waals surface area contributed by atoms with Gasteiger partial charge in [0.1, 0.15) is 11.5 Å². The van der Waals surface area contributed by atoms with Crippen LogP contribution in [-0.2, 0) is 4.79 Å². The van der Waals surface area contributed by atoms with Crippen LogP contribution in [0.4, 0.5) is 5.69 Å². The molecule has 23 heavy (non-hydrogen) atoms. The van der Waals surface area contributed by atoms with E-state index < -0.39 is 0 Å². The first-order chi connectivity index (χ1) is 11.2. The highest BCUT2D eigenvalue weighted by atomic mass is 16.5. The highest BCUT2D eigenvalue weighted by molar-refractivity contribution is 5.92. The van der Waals surface area contributed by atoms with Gasteiger partial charge in [0.15, 0.2) is 0 Å². The fraction of sp³-hybridized carbons (Fsp3) is 0.316. The number of ether oxygens (including phenoxy) is 1. The van der Waals surface area contributed by atoms with Gasteiger partial charge in [0, 0.05) is 17.6 Å². The molecule has 0 spiro atoms. The number of piperidine rings is 1. The summed E-state index contributed by atoms with van der Waals surface area (Å²) in [6.45, 7) is 3.03.